The van der Waals surface area contributed by atoms with Gasteiger partial charge in [-0.3, -0.25) is 0 Å². The molecule has 0 saturated carbocycles. The third-order valence-electron chi connectivity index (χ3n) is 2.61. The van der Waals surface area contributed by atoms with Gasteiger partial charge >= 0.3 is 5.97 Å². The molecule has 0 unspecified atom stereocenters. The quantitative estimate of drug-likeness (QED) is 0.784. The molecular formula is C13H9NO3S. The summed E-state index contributed by atoms with van der Waals surface area (Å²) in [5, 5.41) is 12.9. The zero-order valence-electron chi connectivity index (χ0n) is 9.29. The first-order chi connectivity index (χ1) is 8.72. The Hall–Kier alpha value is -2.14. The van der Waals surface area contributed by atoms with E-state index in [9.17, 15) is 4.79 Å². The van der Waals surface area contributed by atoms with Crippen LogP contribution in [0.1, 0.15) is 21.8 Å². The first kappa shape index (κ1) is 11.0. The van der Waals surface area contributed by atoms with Crippen molar-refractivity contribution in [2.24, 2.45) is 0 Å². The number of aromatic carboxylic acids is 1. The summed E-state index contributed by atoms with van der Waals surface area (Å²) in [7, 11) is 0. The van der Waals surface area contributed by atoms with Gasteiger partial charge in [0.1, 0.15) is 5.52 Å². The van der Waals surface area contributed by atoms with Crippen molar-refractivity contribution in [2.45, 2.75) is 6.42 Å². The summed E-state index contributed by atoms with van der Waals surface area (Å²) in [6, 6.07) is 6.70. The zero-order chi connectivity index (χ0) is 12.5. The van der Waals surface area contributed by atoms with E-state index < -0.39 is 5.97 Å². The molecule has 3 aromatic rings. The van der Waals surface area contributed by atoms with Gasteiger partial charge in [-0.25, -0.2) is 9.78 Å². The van der Waals surface area contributed by atoms with Crippen molar-refractivity contribution in [3.63, 3.8) is 0 Å². The lowest BCUT2D eigenvalue weighted by atomic mass is 10.2. The summed E-state index contributed by atoms with van der Waals surface area (Å²) >= 11 is 1.62. The Bertz CT molecular complexity index is 700. The fraction of sp³-hybridized carbons (Fsp3) is 0.0769. The minimum atomic E-state index is -0.959. The van der Waals surface area contributed by atoms with Gasteiger partial charge < -0.3 is 9.52 Å². The van der Waals surface area contributed by atoms with Crippen molar-refractivity contribution >= 4 is 28.4 Å². The van der Waals surface area contributed by atoms with E-state index in [0.29, 0.717) is 23.4 Å². The van der Waals surface area contributed by atoms with Gasteiger partial charge in [0.25, 0.3) is 0 Å². The highest BCUT2D eigenvalue weighted by Crippen LogP contribution is 2.20. The number of carboxylic acid groups (broad SMARTS) is 1. The van der Waals surface area contributed by atoms with E-state index >= 15 is 0 Å². The van der Waals surface area contributed by atoms with Gasteiger partial charge in [-0.05, 0) is 40.6 Å². The Labute approximate surface area is 107 Å². The maximum absolute atomic E-state index is 10.9. The lowest BCUT2D eigenvalue weighted by Crippen LogP contribution is -1.94. The van der Waals surface area contributed by atoms with Gasteiger partial charge in [0.15, 0.2) is 11.5 Å². The molecular weight excluding hydrogens is 250 g/mol. The molecule has 1 N–H and O–H groups in total. The SMILES string of the molecule is O=C(O)c1ccc2oc(Cc3ccsc3)nc2c1. The third kappa shape index (κ3) is 2.00. The van der Waals surface area contributed by atoms with Crippen LogP contribution in [-0.2, 0) is 6.42 Å². The van der Waals surface area contributed by atoms with Gasteiger partial charge in [0, 0.05) is 0 Å². The predicted octanol–water partition coefficient (Wildman–Crippen LogP) is 3.18. The average Bonchev–Trinajstić information content (AvgIpc) is 2.96. The van der Waals surface area contributed by atoms with Crippen LogP contribution in [0, 0.1) is 0 Å². The van der Waals surface area contributed by atoms with Crippen molar-refractivity contribution in [1.29, 1.82) is 0 Å². The second-order valence-electron chi connectivity index (χ2n) is 3.90. The number of fused-ring (bicyclic) bond motifs is 1. The molecule has 0 radical (unpaired) electrons. The van der Waals surface area contributed by atoms with Crippen LogP contribution in [0.5, 0.6) is 0 Å². The highest BCUT2D eigenvalue weighted by Gasteiger charge is 2.10. The number of oxazole rings is 1. The third-order valence-corrected chi connectivity index (χ3v) is 3.35. The molecule has 4 nitrogen and oxygen atoms in total. The Morgan fingerprint density at radius 2 is 2.28 bits per heavy atom. The van der Waals surface area contributed by atoms with E-state index in [4.69, 9.17) is 9.52 Å². The number of hydrogen-bond donors (Lipinski definition) is 1. The lowest BCUT2D eigenvalue weighted by Gasteiger charge is -1.91. The first-order valence-electron chi connectivity index (χ1n) is 5.36. The van der Waals surface area contributed by atoms with Gasteiger partial charge in [0.05, 0.1) is 12.0 Å². The number of nitrogens with zero attached hydrogens (tertiary/aromatic N) is 1. The van der Waals surface area contributed by atoms with E-state index in [-0.39, 0.29) is 5.56 Å². The van der Waals surface area contributed by atoms with Gasteiger partial charge in [0.2, 0.25) is 0 Å². The summed E-state index contributed by atoms with van der Waals surface area (Å²) < 4.78 is 5.58. The van der Waals surface area contributed by atoms with Crippen LogP contribution in [-0.4, -0.2) is 16.1 Å². The van der Waals surface area contributed by atoms with Crippen LogP contribution in [0.25, 0.3) is 11.1 Å². The molecule has 0 atom stereocenters. The highest BCUT2D eigenvalue weighted by atomic mass is 32.1. The van der Waals surface area contributed by atoms with Crippen molar-refractivity contribution in [2.75, 3.05) is 0 Å². The van der Waals surface area contributed by atoms with Gasteiger partial charge in [-0.2, -0.15) is 11.3 Å². The Morgan fingerprint density at radius 3 is 3.00 bits per heavy atom. The number of benzene rings is 1. The molecule has 18 heavy (non-hydrogen) atoms. The second kappa shape index (κ2) is 4.27. The second-order valence-corrected chi connectivity index (χ2v) is 4.68. The number of carbonyl (C=O) groups is 1. The standard InChI is InChI=1S/C13H9NO3S/c15-13(16)9-1-2-11-10(6-9)14-12(17-11)5-8-3-4-18-7-8/h1-4,6-7H,5H2,(H,15,16). The van der Waals surface area contributed by atoms with Crippen LogP contribution in [0.3, 0.4) is 0 Å². The number of rotatable bonds is 3. The fourth-order valence-corrected chi connectivity index (χ4v) is 2.42. The monoisotopic (exact) mass is 259 g/mol. The molecule has 0 amide bonds. The summed E-state index contributed by atoms with van der Waals surface area (Å²) in [4.78, 5) is 15.2. The molecule has 0 saturated heterocycles. The number of hydrogen-bond acceptors (Lipinski definition) is 4. The molecule has 2 heterocycles. The maximum Gasteiger partial charge on any atom is 0.335 e. The first-order valence-corrected chi connectivity index (χ1v) is 6.30. The molecule has 0 fully saturated rings. The molecule has 0 aliphatic rings. The summed E-state index contributed by atoms with van der Waals surface area (Å²) in [5.74, 6) is -0.356. The summed E-state index contributed by atoms with van der Waals surface area (Å²) in [5.41, 5.74) is 2.56. The van der Waals surface area contributed by atoms with Crippen LogP contribution in [0.15, 0.2) is 39.4 Å². The van der Waals surface area contributed by atoms with E-state index in [1.807, 2.05) is 16.8 Å². The molecule has 1 aromatic carbocycles. The molecule has 0 spiro atoms. The Kier molecular flexibility index (Phi) is 2.60. The molecule has 3 rings (SSSR count). The van der Waals surface area contributed by atoms with Crippen LogP contribution in [0.4, 0.5) is 0 Å². The van der Waals surface area contributed by atoms with Crippen molar-refractivity contribution in [3.05, 3.63) is 52.0 Å². The lowest BCUT2D eigenvalue weighted by molar-refractivity contribution is 0.0697. The predicted molar refractivity (Wildman–Crippen MR) is 68.1 cm³/mol. The Balaban J connectivity index is 1.98. The largest absolute Gasteiger partial charge is 0.478 e. The fourth-order valence-electron chi connectivity index (χ4n) is 1.75. The minimum absolute atomic E-state index is 0.220. The van der Waals surface area contributed by atoms with E-state index in [2.05, 4.69) is 4.98 Å². The topological polar surface area (TPSA) is 63.3 Å². The van der Waals surface area contributed by atoms with E-state index in [1.165, 1.54) is 12.1 Å². The van der Waals surface area contributed by atoms with Crippen LogP contribution in [0.2, 0.25) is 0 Å². The van der Waals surface area contributed by atoms with E-state index in [0.717, 1.165) is 5.56 Å². The van der Waals surface area contributed by atoms with Crippen molar-refractivity contribution in [1.82, 2.24) is 4.98 Å². The number of carboxylic acids is 1. The average molecular weight is 259 g/mol. The molecule has 2 aromatic heterocycles. The number of aromatic nitrogens is 1. The molecule has 0 aliphatic heterocycles. The van der Waals surface area contributed by atoms with Crippen molar-refractivity contribution < 1.29 is 14.3 Å². The molecule has 0 bridgehead atoms. The van der Waals surface area contributed by atoms with Gasteiger partial charge in [-0.15, -0.1) is 0 Å². The van der Waals surface area contributed by atoms with Crippen LogP contribution >= 0.6 is 11.3 Å². The molecule has 90 valence electrons. The minimum Gasteiger partial charge on any atom is -0.478 e. The molecule has 5 heteroatoms. The van der Waals surface area contributed by atoms with Crippen molar-refractivity contribution in [3.8, 4) is 0 Å². The van der Waals surface area contributed by atoms with E-state index in [1.54, 1.807) is 17.4 Å². The number of thiophene rings is 1. The smallest absolute Gasteiger partial charge is 0.335 e. The zero-order valence-corrected chi connectivity index (χ0v) is 10.1. The Morgan fingerprint density at radius 1 is 1.39 bits per heavy atom. The summed E-state index contributed by atoms with van der Waals surface area (Å²) in [6.07, 6.45) is 0.626. The van der Waals surface area contributed by atoms with Crippen LogP contribution < -0.4 is 0 Å². The summed E-state index contributed by atoms with van der Waals surface area (Å²) in [6.45, 7) is 0. The van der Waals surface area contributed by atoms with Gasteiger partial charge in [-0.1, -0.05) is 0 Å². The maximum atomic E-state index is 10.9. The molecule has 0 aliphatic carbocycles. The highest BCUT2D eigenvalue weighted by molar-refractivity contribution is 7.07. The normalized spacial score (nSPS) is 10.9.